The third kappa shape index (κ3) is 5.37. The van der Waals surface area contributed by atoms with Crippen molar-refractivity contribution in [1.29, 1.82) is 0 Å². The Balaban J connectivity index is 2.40. The highest BCUT2D eigenvalue weighted by Crippen LogP contribution is 2.20. The lowest BCUT2D eigenvalue weighted by atomic mass is 10.0. The standard InChI is InChI=1S/C14H20BrNO/c1-3-14(16-9-6-10-17-4-2)12-7-5-8-13(15)11-12/h4-5,7-8,11,14,16H,2-3,6,9-10H2,1H3. The van der Waals surface area contributed by atoms with E-state index in [1.165, 1.54) is 11.8 Å². The molecule has 0 aliphatic carbocycles. The van der Waals surface area contributed by atoms with E-state index in [1.807, 2.05) is 6.07 Å². The van der Waals surface area contributed by atoms with Crippen molar-refractivity contribution in [2.24, 2.45) is 0 Å². The van der Waals surface area contributed by atoms with Gasteiger partial charge in [0.1, 0.15) is 0 Å². The quantitative estimate of drug-likeness (QED) is 0.577. The van der Waals surface area contributed by atoms with Gasteiger partial charge in [0.05, 0.1) is 12.9 Å². The maximum atomic E-state index is 5.09. The maximum absolute atomic E-state index is 5.09. The molecule has 0 fully saturated rings. The number of benzene rings is 1. The van der Waals surface area contributed by atoms with Crippen molar-refractivity contribution in [3.05, 3.63) is 47.1 Å². The molecule has 1 aromatic rings. The van der Waals surface area contributed by atoms with Crippen LogP contribution in [0.3, 0.4) is 0 Å². The van der Waals surface area contributed by atoms with Gasteiger partial charge in [-0.1, -0.05) is 41.6 Å². The fourth-order valence-corrected chi connectivity index (χ4v) is 2.15. The molecule has 2 nitrogen and oxygen atoms in total. The number of halogens is 1. The molecule has 0 heterocycles. The van der Waals surface area contributed by atoms with E-state index in [-0.39, 0.29) is 0 Å². The Morgan fingerprint density at radius 1 is 1.53 bits per heavy atom. The molecule has 0 aliphatic rings. The Morgan fingerprint density at radius 2 is 2.35 bits per heavy atom. The van der Waals surface area contributed by atoms with E-state index in [0.717, 1.165) is 30.5 Å². The molecule has 1 rings (SSSR count). The first kappa shape index (κ1) is 14.3. The van der Waals surface area contributed by atoms with E-state index in [0.29, 0.717) is 6.04 Å². The molecule has 1 atom stereocenters. The summed E-state index contributed by atoms with van der Waals surface area (Å²) in [6.07, 6.45) is 3.57. The van der Waals surface area contributed by atoms with Crippen LogP contribution in [0.1, 0.15) is 31.4 Å². The van der Waals surface area contributed by atoms with Gasteiger partial charge in [0.25, 0.3) is 0 Å². The zero-order valence-corrected chi connectivity index (χ0v) is 11.9. The Kier molecular flexibility index (Phi) is 6.97. The van der Waals surface area contributed by atoms with Gasteiger partial charge in [-0.15, -0.1) is 0 Å². The van der Waals surface area contributed by atoms with Gasteiger partial charge >= 0.3 is 0 Å². The third-order valence-corrected chi connectivity index (χ3v) is 3.10. The van der Waals surface area contributed by atoms with E-state index < -0.39 is 0 Å². The maximum Gasteiger partial charge on any atom is 0.0885 e. The largest absolute Gasteiger partial charge is 0.502 e. The Morgan fingerprint density at radius 3 is 3.00 bits per heavy atom. The van der Waals surface area contributed by atoms with E-state index in [4.69, 9.17) is 4.74 Å². The molecule has 0 radical (unpaired) electrons. The summed E-state index contributed by atoms with van der Waals surface area (Å²) in [7, 11) is 0. The van der Waals surface area contributed by atoms with Crippen LogP contribution in [-0.4, -0.2) is 13.2 Å². The smallest absolute Gasteiger partial charge is 0.0885 e. The van der Waals surface area contributed by atoms with Crippen molar-refractivity contribution in [2.75, 3.05) is 13.2 Å². The second-order valence-electron chi connectivity index (χ2n) is 3.86. The Hall–Kier alpha value is -0.800. The van der Waals surface area contributed by atoms with Gasteiger partial charge in [-0.2, -0.15) is 0 Å². The summed E-state index contributed by atoms with van der Waals surface area (Å²) in [5.41, 5.74) is 1.33. The molecule has 17 heavy (non-hydrogen) atoms. The summed E-state index contributed by atoms with van der Waals surface area (Å²) in [4.78, 5) is 0. The molecule has 1 unspecified atom stereocenters. The monoisotopic (exact) mass is 297 g/mol. The summed E-state index contributed by atoms with van der Waals surface area (Å²) < 4.78 is 6.22. The molecular weight excluding hydrogens is 278 g/mol. The number of hydrogen-bond donors (Lipinski definition) is 1. The number of ether oxygens (including phenoxy) is 1. The molecule has 0 amide bonds. The molecule has 0 aliphatic heterocycles. The first-order valence-corrected chi connectivity index (χ1v) is 6.78. The van der Waals surface area contributed by atoms with E-state index in [2.05, 4.69) is 52.9 Å². The van der Waals surface area contributed by atoms with E-state index in [9.17, 15) is 0 Å². The van der Waals surface area contributed by atoms with Gasteiger partial charge in [0.2, 0.25) is 0 Å². The summed E-state index contributed by atoms with van der Waals surface area (Å²) >= 11 is 3.50. The van der Waals surface area contributed by atoms with Crippen molar-refractivity contribution in [1.82, 2.24) is 5.32 Å². The number of nitrogens with one attached hydrogen (secondary N) is 1. The van der Waals surface area contributed by atoms with E-state index in [1.54, 1.807) is 0 Å². The molecule has 1 N–H and O–H groups in total. The van der Waals surface area contributed by atoms with Crippen LogP contribution in [0.5, 0.6) is 0 Å². The molecule has 0 saturated carbocycles. The van der Waals surface area contributed by atoms with Crippen molar-refractivity contribution < 1.29 is 4.74 Å². The predicted octanol–water partition coefficient (Wildman–Crippen LogP) is 4.04. The fourth-order valence-electron chi connectivity index (χ4n) is 1.74. The zero-order chi connectivity index (χ0) is 12.5. The second-order valence-corrected chi connectivity index (χ2v) is 4.78. The summed E-state index contributed by atoms with van der Waals surface area (Å²) in [6, 6.07) is 8.86. The Bertz CT molecular complexity index is 341. The predicted molar refractivity (Wildman–Crippen MR) is 75.9 cm³/mol. The highest BCUT2D eigenvalue weighted by molar-refractivity contribution is 9.10. The second kappa shape index (κ2) is 8.31. The minimum absolute atomic E-state index is 0.413. The van der Waals surface area contributed by atoms with Crippen LogP contribution in [0, 0.1) is 0 Å². The van der Waals surface area contributed by atoms with Crippen LogP contribution in [0.15, 0.2) is 41.6 Å². The summed E-state index contributed by atoms with van der Waals surface area (Å²) in [5, 5.41) is 3.54. The van der Waals surface area contributed by atoms with Gasteiger partial charge in [-0.3, -0.25) is 0 Å². The van der Waals surface area contributed by atoms with Gasteiger partial charge in [0.15, 0.2) is 0 Å². The molecule has 0 spiro atoms. The van der Waals surface area contributed by atoms with Gasteiger partial charge in [-0.25, -0.2) is 0 Å². The summed E-state index contributed by atoms with van der Waals surface area (Å²) in [5.74, 6) is 0. The van der Waals surface area contributed by atoms with E-state index >= 15 is 0 Å². The van der Waals surface area contributed by atoms with Crippen LogP contribution < -0.4 is 5.32 Å². The van der Waals surface area contributed by atoms with Crippen molar-refractivity contribution >= 4 is 15.9 Å². The average Bonchev–Trinajstić information content (AvgIpc) is 2.34. The summed E-state index contributed by atoms with van der Waals surface area (Å²) in [6.45, 7) is 7.40. The molecule has 3 heteroatoms. The number of rotatable bonds is 8. The van der Waals surface area contributed by atoms with Crippen LogP contribution >= 0.6 is 15.9 Å². The lowest BCUT2D eigenvalue weighted by Crippen LogP contribution is -2.22. The highest BCUT2D eigenvalue weighted by Gasteiger charge is 2.07. The minimum Gasteiger partial charge on any atom is -0.502 e. The molecule has 1 aromatic carbocycles. The lowest BCUT2D eigenvalue weighted by Gasteiger charge is -2.17. The molecule has 0 saturated heterocycles. The van der Waals surface area contributed by atoms with Crippen molar-refractivity contribution in [3.63, 3.8) is 0 Å². The van der Waals surface area contributed by atoms with Crippen molar-refractivity contribution in [3.8, 4) is 0 Å². The first-order chi connectivity index (χ1) is 8.27. The highest BCUT2D eigenvalue weighted by atomic mass is 79.9. The van der Waals surface area contributed by atoms with Crippen LogP contribution in [0.25, 0.3) is 0 Å². The lowest BCUT2D eigenvalue weighted by molar-refractivity contribution is 0.242. The zero-order valence-electron chi connectivity index (χ0n) is 10.3. The van der Waals surface area contributed by atoms with Crippen LogP contribution in [-0.2, 0) is 4.74 Å². The number of hydrogen-bond acceptors (Lipinski definition) is 2. The average molecular weight is 298 g/mol. The van der Waals surface area contributed by atoms with Crippen LogP contribution in [0.4, 0.5) is 0 Å². The third-order valence-electron chi connectivity index (χ3n) is 2.61. The van der Waals surface area contributed by atoms with Gasteiger partial charge < -0.3 is 10.1 Å². The van der Waals surface area contributed by atoms with Crippen molar-refractivity contribution in [2.45, 2.75) is 25.8 Å². The normalized spacial score (nSPS) is 12.1. The molecule has 0 aromatic heterocycles. The minimum atomic E-state index is 0.413. The van der Waals surface area contributed by atoms with Gasteiger partial charge in [-0.05, 0) is 37.1 Å². The van der Waals surface area contributed by atoms with Crippen LogP contribution in [0.2, 0.25) is 0 Å². The SMILES string of the molecule is C=COCCCNC(CC)c1cccc(Br)c1. The molecule has 94 valence electrons. The fraction of sp³-hybridized carbons (Fsp3) is 0.429. The van der Waals surface area contributed by atoms with Gasteiger partial charge in [0, 0.05) is 10.5 Å². The Labute approximate surface area is 112 Å². The first-order valence-electron chi connectivity index (χ1n) is 5.99. The molecular formula is C14H20BrNO. The topological polar surface area (TPSA) is 21.3 Å². The molecule has 0 bridgehead atoms.